The number of aromatic nitrogens is 2. The Balaban J connectivity index is 1.48. The topological polar surface area (TPSA) is 79.5 Å². The Morgan fingerprint density at radius 2 is 2.00 bits per heavy atom. The summed E-state index contributed by atoms with van der Waals surface area (Å²) in [6, 6.07) is 5.35. The molecule has 0 aliphatic carbocycles. The predicted molar refractivity (Wildman–Crippen MR) is 93.3 cm³/mol. The summed E-state index contributed by atoms with van der Waals surface area (Å²) in [5, 5.41) is 3.85. The third-order valence-corrected chi connectivity index (χ3v) is 5.25. The number of hydrogen-bond acceptors (Lipinski definition) is 5. The molecule has 0 aromatic carbocycles. The first-order chi connectivity index (χ1) is 12.6. The van der Waals surface area contributed by atoms with Gasteiger partial charge in [-0.05, 0) is 37.8 Å². The highest BCUT2D eigenvalue weighted by Gasteiger charge is 2.38. The zero-order valence-electron chi connectivity index (χ0n) is 14.8. The van der Waals surface area contributed by atoms with Gasteiger partial charge in [-0.1, -0.05) is 5.16 Å². The maximum atomic E-state index is 12.8. The average molecular weight is 354 g/mol. The first kappa shape index (κ1) is 16.8. The van der Waals surface area contributed by atoms with Crippen molar-refractivity contribution in [3.05, 3.63) is 47.6 Å². The van der Waals surface area contributed by atoms with Gasteiger partial charge >= 0.3 is 0 Å². The summed E-state index contributed by atoms with van der Waals surface area (Å²) in [5.41, 5.74) is 1.43. The molecule has 7 nitrogen and oxygen atoms in total. The Bertz CT molecular complexity index is 804. The summed E-state index contributed by atoms with van der Waals surface area (Å²) >= 11 is 0. The van der Waals surface area contributed by atoms with E-state index in [9.17, 15) is 9.59 Å². The second-order valence-corrected chi connectivity index (χ2v) is 7.20. The highest BCUT2D eigenvalue weighted by molar-refractivity contribution is 5.94. The van der Waals surface area contributed by atoms with Gasteiger partial charge in [-0.3, -0.25) is 14.6 Å². The standard InChI is InChI=1S/C19H22N4O3/c1-13-8-17(26-21-13)9-18(24)23-11-14-2-3-16(23)12-22(10-14)19(25)15-4-6-20-7-5-15/h4-8,14,16H,2-3,9-12H2,1H3/t14-,16+/m0/s1. The zero-order valence-corrected chi connectivity index (χ0v) is 14.8. The van der Waals surface area contributed by atoms with Gasteiger partial charge in [0.15, 0.2) is 0 Å². The zero-order chi connectivity index (χ0) is 18.1. The second-order valence-electron chi connectivity index (χ2n) is 7.20. The van der Waals surface area contributed by atoms with Gasteiger partial charge in [-0.2, -0.15) is 0 Å². The number of carbonyl (C=O) groups is 2. The van der Waals surface area contributed by atoms with Crippen molar-refractivity contribution in [3.8, 4) is 0 Å². The van der Waals surface area contributed by atoms with Crippen LogP contribution >= 0.6 is 0 Å². The van der Waals surface area contributed by atoms with Crippen LogP contribution in [0.15, 0.2) is 35.1 Å². The lowest BCUT2D eigenvalue weighted by Crippen LogP contribution is -2.48. The molecule has 0 spiro atoms. The molecule has 136 valence electrons. The van der Waals surface area contributed by atoms with Crippen molar-refractivity contribution >= 4 is 11.8 Å². The molecule has 5 heterocycles. The van der Waals surface area contributed by atoms with Gasteiger partial charge in [0.25, 0.3) is 5.91 Å². The molecule has 2 aromatic rings. The lowest BCUT2D eigenvalue weighted by molar-refractivity contribution is -0.134. The fourth-order valence-corrected chi connectivity index (χ4v) is 3.98. The Hall–Kier alpha value is -2.70. The van der Waals surface area contributed by atoms with E-state index in [0.29, 0.717) is 36.9 Å². The third-order valence-electron chi connectivity index (χ3n) is 5.25. The normalized spacial score (nSPS) is 22.3. The largest absolute Gasteiger partial charge is 0.361 e. The summed E-state index contributed by atoms with van der Waals surface area (Å²) in [4.78, 5) is 33.4. The molecule has 7 heteroatoms. The van der Waals surface area contributed by atoms with Crippen LogP contribution in [0.3, 0.4) is 0 Å². The van der Waals surface area contributed by atoms with E-state index >= 15 is 0 Å². The van der Waals surface area contributed by atoms with Crippen molar-refractivity contribution < 1.29 is 14.1 Å². The predicted octanol–water partition coefficient (Wildman–Crippen LogP) is 1.68. The van der Waals surface area contributed by atoms with Gasteiger partial charge in [0.2, 0.25) is 5.91 Å². The van der Waals surface area contributed by atoms with E-state index in [4.69, 9.17) is 4.52 Å². The SMILES string of the molecule is Cc1cc(CC(=O)N2C[C@H]3CC[C@@H]2CN(C(=O)c2ccncc2)C3)on1. The number of amides is 2. The molecule has 0 radical (unpaired) electrons. The minimum Gasteiger partial charge on any atom is -0.361 e. The van der Waals surface area contributed by atoms with E-state index in [1.165, 1.54) is 0 Å². The molecule has 26 heavy (non-hydrogen) atoms. The molecule has 2 amide bonds. The van der Waals surface area contributed by atoms with E-state index in [0.717, 1.165) is 18.5 Å². The van der Waals surface area contributed by atoms with Gasteiger partial charge in [-0.25, -0.2) is 0 Å². The Morgan fingerprint density at radius 1 is 1.19 bits per heavy atom. The second kappa shape index (κ2) is 6.90. The summed E-state index contributed by atoms with van der Waals surface area (Å²) in [6.45, 7) is 3.83. The van der Waals surface area contributed by atoms with Crippen molar-refractivity contribution in [3.63, 3.8) is 0 Å². The van der Waals surface area contributed by atoms with Crippen molar-refractivity contribution in [1.29, 1.82) is 0 Å². The van der Waals surface area contributed by atoms with Crippen LogP contribution in [0.4, 0.5) is 0 Å². The fourth-order valence-electron chi connectivity index (χ4n) is 3.98. The lowest BCUT2D eigenvalue weighted by atomic mass is 9.94. The minimum atomic E-state index is 0.0180. The maximum Gasteiger partial charge on any atom is 0.254 e. The Kier molecular flexibility index (Phi) is 4.44. The smallest absolute Gasteiger partial charge is 0.254 e. The molecule has 3 saturated heterocycles. The number of piperidine rings is 1. The average Bonchev–Trinajstić information content (AvgIpc) is 2.86. The molecule has 2 atom stereocenters. The van der Waals surface area contributed by atoms with Gasteiger partial charge in [0.05, 0.1) is 12.1 Å². The Labute approximate surface area is 152 Å². The van der Waals surface area contributed by atoms with Crippen LogP contribution in [0.2, 0.25) is 0 Å². The first-order valence-electron chi connectivity index (χ1n) is 9.01. The maximum absolute atomic E-state index is 12.8. The molecule has 2 aromatic heterocycles. The van der Waals surface area contributed by atoms with Crippen LogP contribution in [0, 0.1) is 12.8 Å². The van der Waals surface area contributed by atoms with E-state index in [-0.39, 0.29) is 24.3 Å². The summed E-state index contributed by atoms with van der Waals surface area (Å²) in [7, 11) is 0. The molecule has 0 saturated carbocycles. The van der Waals surface area contributed by atoms with Crippen LogP contribution in [0.1, 0.15) is 34.7 Å². The van der Waals surface area contributed by atoms with Crippen molar-refractivity contribution in [1.82, 2.24) is 19.9 Å². The van der Waals surface area contributed by atoms with E-state index in [1.54, 1.807) is 30.6 Å². The van der Waals surface area contributed by atoms with Gasteiger partial charge in [-0.15, -0.1) is 0 Å². The van der Waals surface area contributed by atoms with Crippen LogP contribution in [-0.4, -0.2) is 57.4 Å². The van der Waals surface area contributed by atoms with Gasteiger partial charge in [0.1, 0.15) is 5.76 Å². The molecule has 0 unspecified atom stereocenters. The number of hydrogen-bond donors (Lipinski definition) is 0. The summed E-state index contributed by atoms with van der Waals surface area (Å²) in [6.07, 6.45) is 5.48. The minimum absolute atomic E-state index is 0.0180. The molecular weight excluding hydrogens is 332 g/mol. The highest BCUT2D eigenvalue weighted by atomic mass is 16.5. The van der Waals surface area contributed by atoms with E-state index in [2.05, 4.69) is 10.1 Å². The van der Waals surface area contributed by atoms with Crippen LogP contribution in [0.5, 0.6) is 0 Å². The highest BCUT2D eigenvalue weighted by Crippen LogP contribution is 2.29. The Morgan fingerprint density at radius 3 is 2.73 bits per heavy atom. The number of carbonyl (C=O) groups excluding carboxylic acids is 2. The summed E-state index contributed by atoms with van der Waals surface area (Å²) in [5.74, 6) is 0.982. The summed E-state index contributed by atoms with van der Waals surface area (Å²) < 4.78 is 5.19. The third kappa shape index (κ3) is 3.34. The monoisotopic (exact) mass is 354 g/mol. The number of aryl methyl sites for hydroxylation is 1. The molecule has 2 bridgehead atoms. The fraction of sp³-hybridized carbons (Fsp3) is 0.474. The van der Waals surface area contributed by atoms with E-state index in [1.807, 2.05) is 16.7 Å². The van der Waals surface area contributed by atoms with Gasteiger partial charge in [0, 0.05) is 49.7 Å². The van der Waals surface area contributed by atoms with Crippen LogP contribution in [-0.2, 0) is 11.2 Å². The number of fused-ring (bicyclic) bond motifs is 4. The first-order valence-corrected chi connectivity index (χ1v) is 9.01. The number of pyridine rings is 1. The molecule has 3 aliphatic heterocycles. The number of nitrogens with zero attached hydrogens (tertiary/aromatic N) is 4. The molecule has 5 rings (SSSR count). The lowest BCUT2D eigenvalue weighted by Gasteiger charge is -2.36. The van der Waals surface area contributed by atoms with Crippen molar-refractivity contribution in [2.75, 3.05) is 19.6 Å². The van der Waals surface area contributed by atoms with Gasteiger partial charge < -0.3 is 14.3 Å². The number of rotatable bonds is 3. The van der Waals surface area contributed by atoms with E-state index < -0.39 is 0 Å². The van der Waals surface area contributed by atoms with Crippen molar-refractivity contribution in [2.45, 2.75) is 32.2 Å². The van der Waals surface area contributed by atoms with Crippen LogP contribution in [0.25, 0.3) is 0 Å². The molecule has 3 fully saturated rings. The van der Waals surface area contributed by atoms with Crippen molar-refractivity contribution in [2.24, 2.45) is 5.92 Å². The molecule has 0 N–H and O–H groups in total. The van der Waals surface area contributed by atoms with Crippen LogP contribution < -0.4 is 0 Å². The quantitative estimate of drug-likeness (QED) is 0.838. The molecular formula is C19H22N4O3. The molecule has 3 aliphatic rings.